The molecule has 0 saturated carbocycles. The summed E-state index contributed by atoms with van der Waals surface area (Å²) in [6.07, 6.45) is 0.730. The SMILES string of the molecule is COCCCNc1nc(N)c([N+](=O)[O-])c(Nc2cccc(Cl)c2)n1. The van der Waals surface area contributed by atoms with E-state index in [2.05, 4.69) is 20.6 Å². The molecule has 0 spiro atoms. The molecule has 9 nitrogen and oxygen atoms in total. The molecule has 1 aromatic carbocycles. The topological polar surface area (TPSA) is 128 Å². The summed E-state index contributed by atoms with van der Waals surface area (Å²) in [4.78, 5) is 18.7. The number of methoxy groups -OCH3 is 1. The van der Waals surface area contributed by atoms with Crippen molar-refractivity contribution in [2.75, 3.05) is 36.6 Å². The number of anilines is 4. The van der Waals surface area contributed by atoms with E-state index in [-0.39, 0.29) is 17.6 Å². The van der Waals surface area contributed by atoms with Gasteiger partial charge in [0.05, 0.1) is 4.92 Å². The summed E-state index contributed by atoms with van der Waals surface area (Å²) in [6.45, 7) is 1.12. The number of aromatic nitrogens is 2. The zero-order valence-electron chi connectivity index (χ0n) is 13.0. The number of ether oxygens (including phenoxy) is 1. The molecule has 2 aromatic rings. The van der Waals surface area contributed by atoms with Crippen LogP contribution in [0.2, 0.25) is 5.02 Å². The zero-order valence-corrected chi connectivity index (χ0v) is 13.7. The number of hydrogen-bond acceptors (Lipinski definition) is 8. The molecule has 0 aliphatic heterocycles. The lowest BCUT2D eigenvalue weighted by Gasteiger charge is -2.10. The highest BCUT2D eigenvalue weighted by Gasteiger charge is 2.23. The third-order valence-electron chi connectivity index (χ3n) is 2.99. The zero-order chi connectivity index (χ0) is 17.5. The van der Waals surface area contributed by atoms with Gasteiger partial charge >= 0.3 is 5.69 Å². The highest BCUT2D eigenvalue weighted by molar-refractivity contribution is 6.30. The van der Waals surface area contributed by atoms with E-state index in [1.807, 2.05) is 0 Å². The van der Waals surface area contributed by atoms with Gasteiger partial charge in [0.1, 0.15) is 0 Å². The molecule has 0 unspecified atom stereocenters. The van der Waals surface area contributed by atoms with Crippen LogP contribution in [0.5, 0.6) is 0 Å². The first-order valence-electron chi connectivity index (χ1n) is 7.08. The minimum absolute atomic E-state index is 0.0102. The van der Waals surface area contributed by atoms with Crippen LogP contribution in [0.3, 0.4) is 0 Å². The van der Waals surface area contributed by atoms with Crippen molar-refractivity contribution < 1.29 is 9.66 Å². The van der Waals surface area contributed by atoms with Gasteiger partial charge in [-0.25, -0.2) is 0 Å². The van der Waals surface area contributed by atoms with E-state index >= 15 is 0 Å². The molecule has 0 fully saturated rings. The van der Waals surface area contributed by atoms with Crippen molar-refractivity contribution in [1.29, 1.82) is 0 Å². The molecular formula is C14H17ClN6O3. The standard InChI is InChI=1S/C14H17ClN6O3/c1-24-7-3-6-17-14-19-12(16)11(21(22)23)13(20-14)18-10-5-2-4-9(15)8-10/h2,4-5,8H,3,6-7H2,1H3,(H4,16,17,18,19,20). The summed E-state index contributed by atoms with van der Waals surface area (Å²) in [7, 11) is 1.60. The van der Waals surface area contributed by atoms with Gasteiger partial charge in [0.2, 0.25) is 17.6 Å². The van der Waals surface area contributed by atoms with Gasteiger partial charge in [-0.05, 0) is 24.6 Å². The van der Waals surface area contributed by atoms with Crippen LogP contribution < -0.4 is 16.4 Å². The lowest BCUT2D eigenvalue weighted by Crippen LogP contribution is -2.12. The van der Waals surface area contributed by atoms with Gasteiger partial charge < -0.3 is 21.1 Å². The van der Waals surface area contributed by atoms with Crippen LogP contribution in [-0.4, -0.2) is 35.2 Å². The van der Waals surface area contributed by atoms with Gasteiger partial charge in [-0.1, -0.05) is 17.7 Å². The predicted octanol–water partition coefficient (Wildman–Crippen LogP) is 2.81. The van der Waals surface area contributed by atoms with Crippen molar-refractivity contribution in [1.82, 2.24) is 9.97 Å². The molecule has 0 saturated heterocycles. The Morgan fingerprint density at radius 1 is 1.42 bits per heavy atom. The van der Waals surface area contributed by atoms with E-state index < -0.39 is 10.6 Å². The smallest absolute Gasteiger partial charge is 0.353 e. The quantitative estimate of drug-likeness (QED) is 0.376. The maximum absolute atomic E-state index is 11.3. The first-order valence-corrected chi connectivity index (χ1v) is 7.46. The number of nitro groups is 1. The Balaban J connectivity index is 2.28. The molecule has 0 bridgehead atoms. The highest BCUT2D eigenvalue weighted by Crippen LogP contribution is 2.31. The number of hydrogen-bond donors (Lipinski definition) is 3. The van der Waals surface area contributed by atoms with Gasteiger partial charge in [-0.2, -0.15) is 9.97 Å². The summed E-state index contributed by atoms with van der Waals surface area (Å²) in [6, 6.07) is 6.73. The van der Waals surface area contributed by atoms with Crippen molar-refractivity contribution in [3.63, 3.8) is 0 Å². The molecule has 128 valence electrons. The Bertz CT molecular complexity index is 728. The van der Waals surface area contributed by atoms with Crippen LogP contribution in [0.4, 0.5) is 29.0 Å². The van der Waals surface area contributed by atoms with E-state index in [0.717, 1.165) is 6.42 Å². The van der Waals surface area contributed by atoms with E-state index in [9.17, 15) is 10.1 Å². The van der Waals surface area contributed by atoms with Crippen LogP contribution in [0, 0.1) is 10.1 Å². The number of rotatable bonds is 8. The van der Waals surface area contributed by atoms with Crippen LogP contribution in [-0.2, 0) is 4.74 Å². The van der Waals surface area contributed by atoms with E-state index in [0.29, 0.717) is 23.9 Å². The molecule has 10 heteroatoms. The minimum Gasteiger partial charge on any atom is -0.385 e. The molecule has 1 heterocycles. The lowest BCUT2D eigenvalue weighted by molar-refractivity contribution is -0.383. The molecule has 1 aromatic heterocycles. The molecular weight excluding hydrogens is 336 g/mol. The molecule has 24 heavy (non-hydrogen) atoms. The van der Waals surface area contributed by atoms with E-state index in [4.69, 9.17) is 22.1 Å². The van der Waals surface area contributed by atoms with Crippen LogP contribution in [0.25, 0.3) is 0 Å². The number of nitrogen functional groups attached to an aromatic ring is 1. The Morgan fingerprint density at radius 3 is 2.88 bits per heavy atom. The van der Waals surface area contributed by atoms with Crippen molar-refractivity contribution in [2.45, 2.75) is 6.42 Å². The Labute approximate surface area is 143 Å². The molecule has 0 amide bonds. The molecule has 4 N–H and O–H groups in total. The number of halogens is 1. The fourth-order valence-corrected chi connectivity index (χ4v) is 2.13. The summed E-state index contributed by atoms with van der Waals surface area (Å²) >= 11 is 5.92. The molecule has 0 aliphatic carbocycles. The van der Waals surface area contributed by atoms with Crippen molar-refractivity contribution in [2.24, 2.45) is 0 Å². The van der Waals surface area contributed by atoms with Crippen LogP contribution in [0.1, 0.15) is 6.42 Å². The maximum Gasteiger partial charge on any atom is 0.353 e. The predicted molar refractivity (Wildman–Crippen MR) is 92.8 cm³/mol. The first-order chi connectivity index (χ1) is 11.5. The summed E-state index contributed by atoms with van der Waals surface area (Å²) in [5, 5.41) is 17.6. The monoisotopic (exact) mass is 352 g/mol. The highest BCUT2D eigenvalue weighted by atomic mass is 35.5. The van der Waals surface area contributed by atoms with E-state index in [1.54, 1.807) is 31.4 Å². The third kappa shape index (κ3) is 4.67. The van der Waals surface area contributed by atoms with Gasteiger partial charge in [0, 0.05) is 31.0 Å². The first kappa shape index (κ1) is 17.7. The van der Waals surface area contributed by atoms with Gasteiger partial charge in [-0.3, -0.25) is 10.1 Å². The van der Waals surface area contributed by atoms with Crippen LogP contribution in [0.15, 0.2) is 24.3 Å². The number of benzene rings is 1. The average Bonchev–Trinajstić information content (AvgIpc) is 2.51. The number of nitrogens with two attached hydrogens (primary N) is 1. The van der Waals surface area contributed by atoms with Gasteiger partial charge in [0.25, 0.3) is 0 Å². The van der Waals surface area contributed by atoms with E-state index in [1.165, 1.54) is 0 Å². The Hall–Kier alpha value is -2.65. The number of nitrogens with one attached hydrogen (secondary N) is 2. The van der Waals surface area contributed by atoms with Crippen LogP contribution >= 0.6 is 11.6 Å². The number of nitrogens with zero attached hydrogens (tertiary/aromatic N) is 3. The second-order valence-corrected chi connectivity index (χ2v) is 5.23. The van der Waals surface area contributed by atoms with Crippen molar-refractivity contribution in [3.05, 3.63) is 39.4 Å². The maximum atomic E-state index is 11.3. The fourth-order valence-electron chi connectivity index (χ4n) is 1.94. The van der Waals surface area contributed by atoms with Crippen molar-refractivity contribution >= 4 is 40.6 Å². The fraction of sp³-hybridized carbons (Fsp3) is 0.286. The molecule has 0 aliphatic rings. The second-order valence-electron chi connectivity index (χ2n) is 4.80. The molecule has 0 atom stereocenters. The lowest BCUT2D eigenvalue weighted by atomic mass is 10.3. The largest absolute Gasteiger partial charge is 0.385 e. The second kappa shape index (κ2) is 8.27. The third-order valence-corrected chi connectivity index (χ3v) is 3.22. The summed E-state index contributed by atoms with van der Waals surface area (Å²) < 4.78 is 4.95. The normalized spacial score (nSPS) is 10.4. The summed E-state index contributed by atoms with van der Waals surface area (Å²) in [5.74, 6) is -0.0449. The Morgan fingerprint density at radius 2 is 2.21 bits per heavy atom. The van der Waals surface area contributed by atoms with Crippen molar-refractivity contribution in [3.8, 4) is 0 Å². The molecule has 2 rings (SSSR count). The Kier molecular flexibility index (Phi) is 6.10. The van der Waals surface area contributed by atoms with Gasteiger partial charge in [-0.15, -0.1) is 0 Å². The summed E-state index contributed by atoms with van der Waals surface area (Å²) in [5.41, 5.74) is 5.87. The van der Waals surface area contributed by atoms with Gasteiger partial charge in [0.15, 0.2) is 0 Å². The molecule has 0 radical (unpaired) electrons. The minimum atomic E-state index is -0.628. The average molecular weight is 353 g/mol.